The minimum Gasteiger partial charge on any atom is -0.468 e. The summed E-state index contributed by atoms with van der Waals surface area (Å²) in [5, 5.41) is 3.28. The van der Waals surface area contributed by atoms with E-state index in [1.807, 2.05) is 19.1 Å². The third-order valence-electron chi connectivity index (χ3n) is 2.97. The largest absolute Gasteiger partial charge is 0.468 e. The first-order valence-corrected chi connectivity index (χ1v) is 7.71. The minimum absolute atomic E-state index is 0.195. The standard InChI is InChI=1S/C14H23NO3S/c1-4-8-15-14(2,13(16)17-3)7-10-19-11-12-6-5-9-18-12/h5-6,9,15H,4,7-8,10-11H2,1-3H3. The third-order valence-corrected chi connectivity index (χ3v) is 3.95. The predicted molar refractivity (Wildman–Crippen MR) is 78.2 cm³/mol. The Morgan fingerprint density at radius 1 is 1.58 bits per heavy atom. The van der Waals surface area contributed by atoms with Gasteiger partial charge in [-0.2, -0.15) is 11.8 Å². The molecule has 1 atom stereocenters. The zero-order valence-electron chi connectivity index (χ0n) is 11.9. The monoisotopic (exact) mass is 285 g/mol. The first-order chi connectivity index (χ1) is 9.12. The van der Waals surface area contributed by atoms with E-state index in [0.717, 1.165) is 36.7 Å². The second kappa shape index (κ2) is 8.27. The van der Waals surface area contributed by atoms with Gasteiger partial charge in [0.05, 0.1) is 19.1 Å². The van der Waals surface area contributed by atoms with E-state index in [4.69, 9.17) is 9.15 Å². The van der Waals surface area contributed by atoms with Crippen LogP contribution in [0.15, 0.2) is 22.8 Å². The molecule has 4 nitrogen and oxygen atoms in total. The van der Waals surface area contributed by atoms with Crippen molar-refractivity contribution >= 4 is 17.7 Å². The van der Waals surface area contributed by atoms with Gasteiger partial charge < -0.3 is 14.5 Å². The number of rotatable bonds is 9. The molecule has 0 aliphatic rings. The van der Waals surface area contributed by atoms with Gasteiger partial charge in [0.25, 0.3) is 0 Å². The molecule has 19 heavy (non-hydrogen) atoms. The van der Waals surface area contributed by atoms with Crippen molar-refractivity contribution in [1.82, 2.24) is 5.32 Å². The Bertz CT molecular complexity index is 367. The smallest absolute Gasteiger partial charge is 0.325 e. The number of hydrogen-bond acceptors (Lipinski definition) is 5. The molecule has 1 N–H and O–H groups in total. The summed E-state index contributed by atoms with van der Waals surface area (Å²) in [4.78, 5) is 11.8. The zero-order valence-corrected chi connectivity index (χ0v) is 12.7. The molecule has 0 aliphatic carbocycles. The molecule has 0 amide bonds. The second-order valence-corrected chi connectivity index (χ2v) is 5.74. The van der Waals surface area contributed by atoms with Gasteiger partial charge in [-0.1, -0.05) is 6.92 Å². The molecule has 1 rings (SSSR count). The van der Waals surface area contributed by atoms with Crippen LogP contribution >= 0.6 is 11.8 Å². The highest BCUT2D eigenvalue weighted by atomic mass is 32.2. The number of nitrogens with one attached hydrogen (secondary N) is 1. The Morgan fingerprint density at radius 3 is 2.95 bits per heavy atom. The summed E-state index contributed by atoms with van der Waals surface area (Å²) in [5.41, 5.74) is -0.596. The number of methoxy groups -OCH3 is 1. The first kappa shape index (κ1) is 16.1. The van der Waals surface area contributed by atoms with Crippen LogP contribution in [0, 0.1) is 0 Å². The van der Waals surface area contributed by atoms with Crippen molar-refractivity contribution in [3.8, 4) is 0 Å². The first-order valence-electron chi connectivity index (χ1n) is 6.56. The summed E-state index contributed by atoms with van der Waals surface area (Å²) in [6, 6.07) is 3.85. The molecule has 0 aromatic carbocycles. The van der Waals surface area contributed by atoms with Crippen molar-refractivity contribution < 1.29 is 13.9 Å². The van der Waals surface area contributed by atoms with E-state index in [-0.39, 0.29) is 5.97 Å². The molecular formula is C14H23NO3S. The molecule has 1 aromatic heterocycles. The van der Waals surface area contributed by atoms with Crippen LogP contribution in [0.5, 0.6) is 0 Å². The van der Waals surface area contributed by atoms with Crippen LogP contribution in [-0.2, 0) is 15.3 Å². The fraction of sp³-hybridized carbons (Fsp3) is 0.643. The van der Waals surface area contributed by atoms with Gasteiger partial charge in [-0.3, -0.25) is 4.79 Å². The normalized spacial score (nSPS) is 14.1. The van der Waals surface area contributed by atoms with Gasteiger partial charge in [-0.15, -0.1) is 0 Å². The lowest BCUT2D eigenvalue weighted by Gasteiger charge is -2.27. The van der Waals surface area contributed by atoms with Crippen LogP contribution in [0.2, 0.25) is 0 Å². The lowest BCUT2D eigenvalue weighted by Crippen LogP contribution is -2.50. The van der Waals surface area contributed by atoms with Crippen LogP contribution in [0.4, 0.5) is 0 Å². The van der Waals surface area contributed by atoms with Crippen LogP contribution in [0.25, 0.3) is 0 Å². The lowest BCUT2D eigenvalue weighted by atomic mass is 9.99. The van der Waals surface area contributed by atoms with Crippen molar-refractivity contribution in [2.24, 2.45) is 0 Å². The Kier molecular flexibility index (Phi) is 7.02. The number of hydrogen-bond donors (Lipinski definition) is 1. The molecule has 0 saturated heterocycles. The summed E-state index contributed by atoms with van der Waals surface area (Å²) >= 11 is 1.76. The van der Waals surface area contributed by atoms with Crippen LogP contribution in [-0.4, -0.2) is 30.9 Å². The Morgan fingerprint density at radius 2 is 2.37 bits per heavy atom. The average molecular weight is 285 g/mol. The molecule has 0 spiro atoms. The highest BCUT2D eigenvalue weighted by Crippen LogP contribution is 2.19. The van der Waals surface area contributed by atoms with E-state index in [2.05, 4.69) is 12.2 Å². The zero-order chi connectivity index (χ0) is 14.1. The van der Waals surface area contributed by atoms with Crippen molar-refractivity contribution in [1.29, 1.82) is 0 Å². The topological polar surface area (TPSA) is 51.5 Å². The fourth-order valence-electron chi connectivity index (χ4n) is 1.73. The van der Waals surface area contributed by atoms with Crippen LogP contribution in [0.3, 0.4) is 0 Å². The minimum atomic E-state index is -0.596. The summed E-state index contributed by atoms with van der Waals surface area (Å²) in [6.07, 6.45) is 3.41. The Hall–Kier alpha value is -0.940. The molecule has 108 valence electrons. The molecule has 0 fully saturated rings. The predicted octanol–water partition coefficient (Wildman–Crippen LogP) is 2.83. The quantitative estimate of drug-likeness (QED) is 0.558. The Balaban J connectivity index is 2.37. The number of esters is 1. The van der Waals surface area contributed by atoms with Gasteiger partial charge in [0, 0.05) is 0 Å². The maximum Gasteiger partial charge on any atom is 0.325 e. The molecule has 5 heteroatoms. The number of furan rings is 1. The SMILES string of the molecule is CCCNC(C)(CCSCc1ccco1)C(=O)OC. The average Bonchev–Trinajstić information content (AvgIpc) is 2.93. The number of thioether (sulfide) groups is 1. The Labute approximate surface area is 119 Å². The van der Waals surface area contributed by atoms with Gasteiger partial charge in [-0.05, 0) is 44.2 Å². The van der Waals surface area contributed by atoms with Crippen LogP contribution in [0.1, 0.15) is 32.4 Å². The number of carbonyl (C=O) groups excluding carboxylic acids is 1. The van der Waals surface area contributed by atoms with Gasteiger partial charge in [0.15, 0.2) is 0 Å². The van der Waals surface area contributed by atoms with E-state index < -0.39 is 5.54 Å². The number of carbonyl (C=O) groups is 1. The van der Waals surface area contributed by atoms with E-state index in [9.17, 15) is 4.79 Å². The maximum atomic E-state index is 11.8. The molecule has 0 saturated carbocycles. The molecule has 1 aromatic rings. The van der Waals surface area contributed by atoms with E-state index >= 15 is 0 Å². The van der Waals surface area contributed by atoms with Crippen molar-refractivity contribution in [2.75, 3.05) is 19.4 Å². The highest BCUT2D eigenvalue weighted by Gasteiger charge is 2.32. The van der Waals surface area contributed by atoms with E-state index in [1.54, 1.807) is 18.0 Å². The molecule has 0 bridgehead atoms. The summed E-state index contributed by atoms with van der Waals surface area (Å²) in [6.45, 7) is 4.80. The van der Waals surface area contributed by atoms with E-state index in [0.29, 0.717) is 0 Å². The second-order valence-electron chi connectivity index (χ2n) is 4.63. The summed E-state index contributed by atoms with van der Waals surface area (Å²) in [5.74, 6) is 2.48. The third kappa shape index (κ3) is 5.28. The lowest BCUT2D eigenvalue weighted by molar-refractivity contribution is -0.148. The van der Waals surface area contributed by atoms with Crippen molar-refractivity contribution in [2.45, 2.75) is 38.0 Å². The van der Waals surface area contributed by atoms with Gasteiger partial charge in [0.2, 0.25) is 0 Å². The molecule has 0 aliphatic heterocycles. The molecular weight excluding hydrogens is 262 g/mol. The fourth-order valence-corrected chi connectivity index (χ4v) is 2.79. The molecule has 1 heterocycles. The summed E-state index contributed by atoms with van der Waals surface area (Å²) in [7, 11) is 1.43. The maximum absolute atomic E-state index is 11.8. The van der Waals surface area contributed by atoms with Crippen molar-refractivity contribution in [3.05, 3.63) is 24.2 Å². The molecule has 1 unspecified atom stereocenters. The van der Waals surface area contributed by atoms with Gasteiger partial charge in [-0.25, -0.2) is 0 Å². The van der Waals surface area contributed by atoms with Crippen molar-refractivity contribution in [3.63, 3.8) is 0 Å². The van der Waals surface area contributed by atoms with Gasteiger partial charge >= 0.3 is 5.97 Å². The number of ether oxygens (including phenoxy) is 1. The van der Waals surface area contributed by atoms with Crippen LogP contribution < -0.4 is 5.32 Å². The molecule has 0 radical (unpaired) electrons. The highest BCUT2D eigenvalue weighted by molar-refractivity contribution is 7.98. The summed E-state index contributed by atoms with van der Waals surface area (Å²) < 4.78 is 10.2. The van der Waals surface area contributed by atoms with E-state index in [1.165, 1.54) is 7.11 Å². The van der Waals surface area contributed by atoms with Gasteiger partial charge in [0.1, 0.15) is 11.3 Å².